The summed E-state index contributed by atoms with van der Waals surface area (Å²) in [5.74, 6) is -0.0713. The highest BCUT2D eigenvalue weighted by atomic mass is 16.6. The van der Waals surface area contributed by atoms with E-state index in [4.69, 9.17) is 0 Å². The Morgan fingerprint density at radius 3 is 2.78 bits per heavy atom. The van der Waals surface area contributed by atoms with Gasteiger partial charge in [0.25, 0.3) is 0 Å². The number of anilines is 1. The Hall–Kier alpha value is -3.56. The van der Waals surface area contributed by atoms with Gasteiger partial charge >= 0.3 is 5.69 Å². The Kier molecular flexibility index (Phi) is 5.25. The van der Waals surface area contributed by atoms with E-state index in [0.29, 0.717) is 12.2 Å². The summed E-state index contributed by atoms with van der Waals surface area (Å²) in [4.78, 5) is 26.5. The van der Waals surface area contributed by atoms with Crippen LogP contribution < -0.4 is 5.32 Å². The van der Waals surface area contributed by atoms with Gasteiger partial charge in [0.15, 0.2) is 0 Å². The van der Waals surface area contributed by atoms with Crippen LogP contribution in [0.25, 0.3) is 0 Å². The van der Waals surface area contributed by atoms with Crippen LogP contribution in [0.1, 0.15) is 23.2 Å². The van der Waals surface area contributed by atoms with Crippen molar-refractivity contribution < 1.29 is 9.72 Å². The molecule has 0 aliphatic carbocycles. The quantitative estimate of drug-likeness (QED) is 0.503. The van der Waals surface area contributed by atoms with Crippen LogP contribution in [0.15, 0.2) is 36.8 Å². The van der Waals surface area contributed by atoms with E-state index in [0.717, 1.165) is 11.1 Å². The molecule has 0 aliphatic rings. The third kappa shape index (κ3) is 4.35. The van der Waals surface area contributed by atoms with E-state index in [9.17, 15) is 14.9 Å². The van der Waals surface area contributed by atoms with Crippen molar-refractivity contribution in [3.63, 3.8) is 0 Å². The van der Waals surface area contributed by atoms with Crippen LogP contribution in [-0.4, -0.2) is 35.4 Å². The molecule has 27 heavy (non-hydrogen) atoms. The maximum atomic E-state index is 12.1. The van der Waals surface area contributed by atoms with Crippen molar-refractivity contribution in [2.75, 3.05) is 5.32 Å². The van der Waals surface area contributed by atoms with Gasteiger partial charge < -0.3 is 0 Å². The highest BCUT2D eigenvalue weighted by molar-refractivity contribution is 5.88. The molecule has 2 heterocycles. The number of carbonyl (C=O) groups is 1. The lowest BCUT2D eigenvalue weighted by atomic mass is 10.1. The normalized spacial score (nSPS) is 10.7. The van der Waals surface area contributed by atoms with Crippen molar-refractivity contribution in [3.05, 3.63) is 63.7 Å². The number of benzene rings is 1. The Labute approximate surface area is 155 Å². The number of hydrogen-bond acceptors (Lipinski definition) is 6. The summed E-state index contributed by atoms with van der Waals surface area (Å²) in [6, 6.07) is 7.97. The Bertz CT molecular complexity index is 977. The van der Waals surface area contributed by atoms with Crippen LogP contribution in [0.4, 0.5) is 11.6 Å². The van der Waals surface area contributed by atoms with E-state index in [1.165, 1.54) is 10.9 Å². The summed E-state index contributed by atoms with van der Waals surface area (Å²) in [7, 11) is 0. The van der Waals surface area contributed by atoms with E-state index < -0.39 is 4.92 Å². The molecule has 0 aliphatic heterocycles. The van der Waals surface area contributed by atoms with E-state index in [-0.39, 0.29) is 30.5 Å². The second kappa shape index (κ2) is 7.77. The summed E-state index contributed by atoms with van der Waals surface area (Å²) >= 11 is 0. The number of nitrogens with one attached hydrogen (secondary N) is 1. The molecule has 0 bridgehead atoms. The molecule has 0 saturated heterocycles. The predicted molar refractivity (Wildman–Crippen MR) is 97.2 cm³/mol. The number of nitrogens with zero attached hydrogens (tertiary/aromatic N) is 6. The average Bonchev–Trinajstić information content (AvgIpc) is 3.21. The molecule has 1 aromatic carbocycles. The second-order valence-corrected chi connectivity index (χ2v) is 6.09. The zero-order valence-corrected chi connectivity index (χ0v) is 15.0. The van der Waals surface area contributed by atoms with Gasteiger partial charge in [0.1, 0.15) is 18.2 Å². The lowest BCUT2D eigenvalue weighted by Crippen LogP contribution is -2.16. The molecule has 10 heteroatoms. The fourth-order valence-electron chi connectivity index (χ4n) is 2.63. The molecule has 1 amide bonds. The van der Waals surface area contributed by atoms with Gasteiger partial charge in [-0.25, -0.2) is 9.67 Å². The largest absolute Gasteiger partial charge is 0.309 e. The second-order valence-electron chi connectivity index (χ2n) is 6.09. The topological polar surface area (TPSA) is 121 Å². The lowest BCUT2D eigenvalue weighted by molar-refractivity contribution is -0.385. The van der Waals surface area contributed by atoms with Crippen molar-refractivity contribution in [1.82, 2.24) is 24.5 Å². The highest BCUT2D eigenvalue weighted by Gasteiger charge is 2.17. The van der Waals surface area contributed by atoms with Crippen molar-refractivity contribution in [2.24, 2.45) is 0 Å². The minimum absolute atomic E-state index is 0.0629. The van der Waals surface area contributed by atoms with Crippen LogP contribution in [0.3, 0.4) is 0 Å². The van der Waals surface area contributed by atoms with Gasteiger partial charge in [0.2, 0.25) is 11.9 Å². The van der Waals surface area contributed by atoms with Crippen molar-refractivity contribution in [3.8, 4) is 0 Å². The van der Waals surface area contributed by atoms with Crippen LogP contribution >= 0.6 is 0 Å². The highest BCUT2D eigenvalue weighted by Crippen LogP contribution is 2.16. The summed E-state index contributed by atoms with van der Waals surface area (Å²) in [6.45, 7) is 4.41. The zero-order valence-electron chi connectivity index (χ0n) is 15.0. The number of aryl methyl sites for hydroxylation is 2. The molecule has 0 spiro atoms. The van der Waals surface area contributed by atoms with E-state index in [2.05, 4.69) is 20.5 Å². The molecule has 0 fully saturated rings. The third-order valence-corrected chi connectivity index (χ3v) is 4.21. The first-order valence-electron chi connectivity index (χ1n) is 8.34. The van der Waals surface area contributed by atoms with Crippen molar-refractivity contribution in [1.29, 1.82) is 0 Å². The van der Waals surface area contributed by atoms with Gasteiger partial charge in [-0.15, -0.1) is 5.10 Å². The number of hydrogen-bond donors (Lipinski definition) is 1. The monoisotopic (exact) mass is 369 g/mol. The minimum Gasteiger partial charge on any atom is -0.293 e. The fraction of sp³-hybridized carbons (Fsp3) is 0.294. The fourth-order valence-corrected chi connectivity index (χ4v) is 2.63. The van der Waals surface area contributed by atoms with Crippen molar-refractivity contribution in [2.45, 2.75) is 33.4 Å². The summed E-state index contributed by atoms with van der Waals surface area (Å²) in [5, 5.41) is 21.6. The molecule has 10 nitrogen and oxygen atoms in total. The number of carbonyl (C=O) groups excluding carboxylic acids is 1. The van der Waals surface area contributed by atoms with Gasteiger partial charge in [0, 0.05) is 6.42 Å². The first kappa shape index (κ1) is 18.2. The smallest absolute Gasteiger partial charge is 0.293 e. The summed E-state index contributed by atoms with van der Waals surface area (Å²) in [6.07, 6.45) is 2.84. The average molecular weight is 369 g/mol. The molecular formula is C17H19N7O3. The number of amides is 1. The lowest BCUT2D eigenvalue weighted by Gasteiger charge is -2.05. The van der Waals surface area contributed by atoms with Gasteiger partial charge in [-0.3, -0.25) is 24.9 Å². The standard InChI is InChI=1S/C17H19N7O3/c1-12-5-3-4-6-14(12)10-22-11-18-17(21-22)20-16(25)7-8-23-13(2)15(9-19-23)24(26)27/h3-6,9,11H,7-8,10H2,1-2H3,(H,20,21,25). The molecule has 0 unspecified atom stereocenters. The van der Waals surface area contributed by atoms with Gasteiger partial charge in [-0.05, 0) is 25.0 Å². The van der Waals surface area contributed by atoms with Crippen LogP contribution in [0.2, 0.25) is 0 Å². The van der Waals surface area contributed by atoms with Crippen LogP contribution in [0.5, 0.6) is 0 Å². The maximum absolute atomic E-state index is 12.1. The van der Waals surface area contributed by atoms with E-state index in [1.54, 1.807) is 17.9 Å². The van der Waals surface area contributed by atoms with Gasteiger partial charge in [-0.2, -0.15) is 5.10 Å². The number of aromatic nitrogens is 5. The maximum Gasteiger partial charge on any atom is 0.309 e. The summed E-state index contributed by atoms with van der Waals surface area (Å²) in [5.41, 5.74) is 2.62. The van der Waals surface area contributed by atoms with Gasteiger partial charge in [0.05, 0.1) is 18.0 Å². The molecule has 140 valence electrons. The minimum atomic E-state index is -0.496. The van der Waals surface area contributed by atoms with E-state index >= 15 is 0 Å². The summed E-state index contributed by atoms with van der Waals surface area (Å²) < 4.78 is 3.08. The SMILES string of the molecule is Cc1ccccc1Cn1cnc(NC(=O)CCn2ncc([N+](=O)[O-])c2C)n1. The van der Waals surface area contributed by atoms with Crippen LogP contribution in [-0.2, 0) is 17.9 Å². The number of nitro groups is 1. The molecule has 0 atom stereocenters. The predicted octanol–water partition coefficient (Wildman–Crippen LogP) is 2.08. The zero-order chi connectivity index (χ0) is 19.4. The molecule has 3 rings (SSSR count). The Balaban J connectivity index is 1.55. The molecule has 2 aromatic heterocycles. The molecule has 3 aromatic rings. The van der Waals surface area contributed by atoms with E-state index in [1.807, 2.05) is 31.2 Å². The Morgan fingerprint density at radius 2 is 2.07 bits per heavy atom. The molecular weight excluding hydrogens is 350 g/mol. The Morgan fingerprint density at radius 1 is 1.30 bits per heavy atom. The molecule has 0 radical (unpaired) electrons. The first-order valence-corrected chi connectivity index (χ1v) is 8.34. The molecule has 0 saturated carbocycles. The first-order chi connectivity index (χ1) is 12.9. The third-order valence-electron chi connectivity index (χ3n) is 4.21. The van der Waals surface area contributed by atoms with Gasteiger partial charge in [-0.1, -0.05) is 24.3 Å². The van der Waals surface area contributed by atoms with Crippen LogP contribution in [0, 0.1) is 24.0 Å². The van der Waals surface area contributed by atoms with Crippen molar-refractivity contribution >= 4 is 17.5 Å². The number of rotatable bonds is 7. The molecule has 1 N–H and O–H groups in total.